The molecule has 6 heteroatoms. The highest BCUT2D eigenvalue weighted by Crippen LogP contribution is 2.60. The van der Waals surface area contributed by atoms with E-state index in [1.807, 2.05) is 84.9 Å². The van der Waals surface area contributed by atoms with Crippen LogP contribution in [0, 0.1) is 11.6 Å². The Morgan fingerprint density at radius 1 is 0.288 bits per heavy atom. The summed E-state index contributed by atoms with van der Waals surface area (Å²) in [5.74, 6) is 2.32. The summed E-state index contributed by atoms with van der Waals surface area (Å²) in [5.41, 5.74) is 23.9. The first kappa shape index (κ1) is 66.2. The molecule has 2 aliphatic carbocycles. The summed E-state index contributed by atoms with van der Waals surface area (Å²) in [4.78, 5) is 4.44. The van der Waals surface area contributed by atoms with Crippen LogP contribution in [0.25, 0.3) is 45.5 Å². The average molecular weight is 1350 g/mol. The van der Waals surface area contributed by atoms with Crippen molar-refractivity contribution in [3.8, 4) is 56.4 Å². The summed E-state index contributed by atoms with van der Waals surface area (Å²) < 4.78 is 43.1. The number of nitrogens with zero attached hydrogens (tertiary/aromatic N) is 2. The first-order valence-electron chi connectivity index (χ1n) is 35.5. The van der Waals surface area contributed by atoms with Gasteiger partial charge in [-0.25, -0.2) is 8.78 Å². The lowest BCUT2D eigenvalue weighted by atomic mass is 9.67. The van der Waals surface area contributed by atoms with Gasteiger partial charge in [0, 0.05) is 34.1 Å². The molecule has 0 bridgehead atoms. The first-order chi connectivity index (χ1) is 50.5. The van der Waals surface area contributed by atoms with Crippen LogP contribution in [-0.4, -0.2) is 0 Å². The summed E-state index contributed by atoms with van der Waals surface area (Å²) in [6.45, 7) is 21.4. The lowest BCUT2D eigenvalue weighted by molar-refractivity contribution is 0.482. The normalized spacial score (nSPS) is 14.9. The molecule has 16 rings (SSSR count). The maximum atomic E-state index is 15.1. The highest BCUT2D eigenvalue weighted by atomic mass is 19.1. The SMILES string of the molecule is C=Cc1ccc(Oc2ccc(C3(c4ccc(C(C)(C)C)cc4)c4ccccc4-c4ccc(N(c5ccc(F)cc5)c5ccc(-c6ccc(N(c7ccc(F)cc7)c7ccc8c(c7)C(c7ccc(Oc9ccc(C=C)cc9)cc7)(c7ccc(C(C)(C)C)cc7)c7ccccc7-8)cc6)cc5)cc43)cc2)cc1. The molecule has 0 saturated heterocycles. The molecule has 0 spiro atoms. The number of rotatable bonds is 17. The molecule has 506 valence electrons. The van der Waals surface area contributed by atoms with Gasteiger partial charge in [-0.2, -0.15) is 0 Å². The van der Waals surface area contributed by atoms with E-state index in [0.717, 1.165) is 135 Å². The summed E-state index contributed by atoms with van der Waals surface area (Å²) in [6.07, 6.45) is 3.65. The lowest BCUT2D eigenvalue weighted by Crippen LogP contribution is -2.29. The molecular formula is C98H78F2N2O2. The lowest BCUT2D eigenvalue weighted by Gasteiger charge is -2.35. The largest absolute Gasteiger partial charge is 0.457 e. The molecule has 0 amide bonds. The molecular weight excluding hydrogens is 1280 g/mol. The van der Waals surface area contributed by atoms with E-state index in [1.165, 1.54) is 46.5 Å². The fourth-order valence-electron chi connectivity index (χ4n) is 15.7. The van der Waals surface area contributed by atoms with Crippen LogP contribution in [0.4, 0.5) is 42.9 Å². The zero-order chi connectivity index (χ0) is 71.5. The van der Waals surface area contributed by atoms with Crippen molar-refractivity contribution >= 4 is 46.3 Å². The van der Waals surface area contributed by atoms with Crippen LogP contribution < -0.4 is 19.3 Å². The number of benzene rings is 14. The van der Waals surface area contributed by atoms with Gasteiger partial charge in [0.15, 0.2) is 0 Å². The number of hydrogen-bond acceptors (Lipinski definition) is 4. The van der Waals surface area contributed by atoms with E-state index < -0.39 is 10.8 Å². The third-order valence-electron chi connectivity index (χ3n) is 21.0. The minimum atomic E-state index is -0.751. The van der Waals surface area contributed by atoms with Crippen molar-refractivity contribution in [3.05, 3.63) is 419 Å². The van der Waals surface area contributed by atoms with Gasteiger partial charge in [-0.15, -0.1) is 0 Å². The minimum absolute atomic E-state index is 0.0596. The van der Waals surface area contributed by atoms with Crippen LogP contribution in [0.3, 0.4) is 0 Å². The number of ether oxygens (including phenoxy) is 2. The van der Waals surface area contributed by atoms with Crippen LogP contribution in [0.2, 0.25) is 0 Å². The molecule has 0 N–H and O–H groups in total. The zero-order valence-electron chi connectivity index (χ0n) is 59.2. The van der Waals surface area contributed by atoms with Crippen molar-refractivity contribution in [1.29, 1.82) is 0 Å². The third-order valence-corrected chi connectivity index (χ3v) is 21.0. The zero-order valence-corrected chi connectivity index (χ0v) is 59.2. The minimum Gasteiger partial charge on any atom is -0.457 e. The van der Waals surface area contributed by atoms with E-state index in [1.54, 1.807) is 0 Å². The van der Waals surface area contributed by atoms with E-state index in [9.17, 15) is 0 Å². The molecule has 0 radical (unpaired) electrons. The summed E-state index contributed by atoms with van der Waals surface area (Å²) >= 11 is 0. The highest BCUT2D eigenvalue weighted by Gasteiger charge is 2.48. The Balaban J connectivity index is 0.773. The maximum Gasteiger partial charge on any atom is 0.127 e. The topological polar surface area (TPSA) is 24.9 Å². The Morgan fingerprint density at radius 2 is 0.558 bits per heavy atom. The van der Waals surface area contributed by atoms with Crippen molar-refractivity contribution < 1.29 is 18.3 Å². The van der Waals surface area contributed by atoms with Gasteiger partial charge in [0.25, 0.3) is 0 Å². The van der Waals surface area contributed by atoms with Crippen molar-refractivity contribution in [2.45, 2.75) is 63.2 Å². The Hall–Kier alpha value is -12.4. The maximum absolute atomic E-state index is 15.1. The van der Waals surface area contributed by atoms with Gasteiger partial charge in [-0.05, 0) is 257 Å². The number of hydrogen-bond donors (Lipinski definition) is 0. The van der Waals surface area contributed by atoms with Crippen molar-refractivity contribution in [1.82, 2.24) is 0 Å². The third kappa shape index (κ3) is 11.9. The predicted octanol–water partition coefficient (Wildman–Crippen LogP) is 26.8. The Morgan fingerprint density at radius 3 is 0.865 bits per heavy atom. The summed E-state index contributed by atoms with van der Waals surface area (Å²) in [7, 11) is 0. The fourth-order valence-corrected chi connectivity index (χ4v) is 15.7. The summed E-state index contributed by atoms with van der Waals surface area (Å²) in [6, 6.07) is 113. The number of anilines is 6. The standard InChI is InChI=1S/C98H78F2N2O2/c1-9-65-19-53-83(54-20-65)103-85-57-35-73(36-58-85)97(71-31-27-69(28-32-71)95(3,4)5)91-17-13-11-15-87(91)89-61-51-81(63-93(89)97)101(79-47-39-75(99)40-48-79)77-43-23-67(24-44-77)68-25-45-78(46-26-68)102(80-49-41-76(100)42-50-80)82-52-62-90-88-16-12-14-18-92(88)98(94(90)64-82,72-33-29-70(30-34-72)96(6,7)8)74-37-59-86(60-38-74)104-84-55-21-66(10-2)22-56-84/h9-64H,1-2H2,3-8H3. The first-order valence-corrected chi connectivity index (χ1v) is 35.5. The van der Waals surface area contributed by atoms with Crippen LogP contribution in [-0.2, 0) is 21.7 Å². The average Bonchev–Trinajstić information content (AvgIpc) is 1.53. The van der Waals surface area contributed by atoms with Gasteiger partial charge in [0.1, 0.15) is 34.6 Å². The highest BCUT2D eigenvalue weighted by molar-refractivity contribution is 5.92. The Labute approximate surface area is 609 Å². The van der Waals surface area contributed by atoms with Crippen molar-refractivity contribution in [2.75, 3.05) is 9.80 Å². The van der Waals surface area contributed by atoms with Crippen LogP contribution in [0.15, 0.2) is 341 Å². The molecule has 0 fully saturated rings. The second-order valence-electron chi connectivity index (χ2n) is 29.2. The van der Waals surface area contributed by atoms with E-state index in [0.29, 0.717) is 0 Å². The molecule has 0 aromatic heterocycles. The van der Waals surface area contributed by atoms with E-state index in [-0.39, 0.29) is 22.5 Å². The molecule has 2 atom stereocenters. The summed E-state index contributed by atoms with van der Waals surface area (Å²) in [5, 5.41) is 0. The molecule has 2 aliphatic rings. The Kier molecular flexibility index (Phi) is 16.9. The number of halogens is 2. The molecule has 0 saturated carbocycles. The van der Waals surface area contributed by atoms with Crippen molar-refractivity contribution in [2.24, 2.45) is 0 Å². The second kappa shape index (κ2) is 26.5. The molecule has 4 nitrogen and oxygen atoms in total. The van der Waals surface area contributed by atoms with Gasteiger partial charge in [0.2, 0.25) is 0 Å². The fraction of sp³-hybridized carbons (Fsp3) is 0.102. The van der Waals surface area contributed by atoms with E-state index in [4.69, 9.17) is 9.47 Å². The number of fused-ring (bicyclic) bond motifs is 6. The smallest absolute Gasteiger partial charge is 0.127 e. The van der Waals surface area contributed by atoms with Crippen LogP contribution in [0.5, 0.6) is 23.0 Å². The van der Waals surface area contributed by atoms with E-state index in [2.05, 4.69) is 295 Å². The molecule has 14 aromatic rings. The monoisotopic (exact) mass is 1350 g/mol. The van der Waals surface area contributed by atoms with E-state index >= 15 is 8.78 Å². The molecule has 14 aromatic carbocycles. The van der Waals surface area contributed by atoms with Crippen molar-refractivity contribution in [3.63, 3.8) is 0 Å². The molecule has 104 heavy (non-hydrogen) atoms. The van der Waals surface area contributed by atoms with Gasteiger partial charge in [-0.1, -0.05) is 249 Å². The van der Waals surface area contributed by atoms with Gasteiger partial charge < -0.3 is 19.3 Å². The molecule has 0 heterocycles. The predicted molar refractivity (Wildman–Crippen MR) is 426 cm³/mol. The molecule has 0 aliphatic heterocycles. The van der Waals surface area contributed by atoms with Gasteiger partial charge in [-0.3, -0.25) is 0 Å². The van der Waals surface area contributed by atoms with Crippen LogP contribution >= 0.6 is 0 Å². The second-order valence-corrected chi connectivity index (χ2v) is 29.2. The van der Waals surface area contributed by atoms with Crippen LogP contribution in [0.1, 0.15) is 108 Å². The quantitative estimate of drug-likeness (QED) is 0.0907. The Bertz CT molecular complexity index is 5160. The van der Waals surface area contributed by atoms with Gasteiger partial charge >= 0.3 is 0 Å². The van der Waals surface area contributed by atoms with Gasteiger partial charge in [0.05, 0.1) is 10.8 Å². The molecule has 2 unspecified atom stereocenters.